The lowest BCUT2D eigenvalue weighted by atomic mass is 10.0. The number of rotatable bonds is 17. The van der Waals surface area contributed by atoms with Crippen LogP contribution in [0.15, 0.2) is 29.3 Å². The third-order valence-electron chi connectivity index (χ3n) is 8.37. The Morgan fingerprint density at radius 3 is 2.22 bits per heavy atom. The minimum absolute atomic E-state index is 0.0823. The Bertz CT molecular complexity index is 1400. The number of amides is 5. The molecule has 11 N–H and O–H groups in total. The molecule has 1 unspecified atom stereocenters. The molecule has 1 heterocycles. The van der Waals surface area contributed by atoms with Gasteiger partial charge in [0.25, 0.3) is 5.91 Å². The highest BCUT2D eigenvalue weighted by Crippen LogP contribution is 2.15. The maximum Gasteiger partial charge on any atom is 0.305 e. The number of carboxylic acids is 1. The molecule has 2 rings (SSSR count). The molecule has 1 aromatic carbocycles. The van der Waals surface area contributed by atoms with Crippen molar-refractivity contribution in [3.63, 3.8) is 0 Å². The molecule has 0 radical (unpaired) electrons. The summed E-state index contributed by atoms with van der Waals surface area (Å²) in [5, 5.41) is 19.5. The third kappa shape index (κ3) is 16.0. The van der Waals surface area contributed by atoms with Crippen LogP contribution in [0, 0.1) is 0 Å². The molecule has 2 bridgehead atoms. The summed E-state index contributed by atoms with van der Waals surface area (Å²) in [7, 11) is 1.42. The molecule has 51 heavy (non-hydrogen) atoms. The Morgan fingerprint density at radius 1 is 0.863 bits per heavy atom. The number of aliphatic carboxylic acids is 1. The summed E-state index contributed by atoms with van der Waals surface area (Å²) in [6.45, 7) is 0.0626. The fraction of sp³-hybridized carbons (Fsp3) is 0.588. The van der Waals surface area contributed by atoms with E-state index < -0.39 is 66.6 Å². The number of nitrogens with one attached hydrogen (secondary N) is 4. The van der Waals surface area contributed by atoms with Crippen LogP contribution in [0.1, 0.15) is 93.0 Å². The Balaban J connectivity index is 2.34. The molecule has 0 spiro atoms. The van der Waals surface area contributed by atoms with Crippen molar-refractivity contribution >= 4 is 47.2 Å². The fourth-order valence-corrected chi connectivity index (χ4v) is 5.56. The summed E-state index contributed by atoms with van der Waals surface area (Å²) in [5.41, 5.74) is 17.1. The lowest BCUT2D eigenvalue weighted by Crippen LogP contribution is -2.56. The van der Waals surface area contributed by atoms with E-state index in [1.807, 2.05) is 0 Å². The first-order valence-electron chi connectivity index (χ1n) is 17.3. The Labute approximate surface area is 297 Å². The van der Waals surface area contributed by atoms with E-state index in [4.69, 9.17) is 17.2 Å². The molecule has 17 nitrogen and oxygen atoms in total. The van der Waals surface area contributed by atoms with Gasteiger partial charge in [-0.15, -0.1) is 0 Å². The van der Waals surface area contributed by atoms with Crippen molar-refractivity contribution in [2.24, 2.45) is 22.2 Å². The van der Waals surface area contributed by atoms with Gasteiger partial charge in [-0.25, -0.2) is 0 Å². The average molecular weight is 716 g/mol. The van der Waals surface area contributed by atoms with Gasteiger partial charge in [0.15, 0.2) is 5.96 Å². The van der Waals surface area contributed by atoms with Crippen LogP contribution in [-0.4, -0.2) is 102 Å². The zero-order chi connectivity index (χ0) is 37.8. The van der Waals surface area contributed by atoms with Crippen molar-refractivity contribution in [1.82, 2.24) is 26.2 Å². The molecular formula is C34H53N9O8. The quantitative estimate of drug-likeness (QED) is 0.0573. The number of hydrogen-bond acceptors (Lipinski definition) is 9. The maximum atomic E-state index is 14.0. The number of ketones is 1. The number of carbonyl (C=O) groups excluding carboxylic acids is 6. The predicted molar refractivity (Wildman–Crippen MR) is 189 cm³/mol. The Morgan fingerprint density at radius 2 is 1.55 bits per heavy atom. The van der Waals surface area contributed by atoms with Crippen LogP contribution in [-0.2, 0) is 35.3 Å². The maximum absolute atomic E-state index is 14.0. The van der Waals surface area contributed by atoms with Crippen LogP contribution in [0.2, 0.25) is 0 Å². The van der Waals surface area contributed by atoms with Crippen molar-refractivity contribution in [3.05, 3.63) is 35.4 Å². The number of carbonyl (C=O) groups is 7. The summed E-state index contributed by atoms with van der Waals surface area (Å²) in [4.78, 5) is 95.5. The normalized spacial score (nSPS) is 19.1. The Hall–Kier alpha value is -5.06. The summed E-state index contributed by atoms with van der Waals surface area (Å²) < 4.78 is 0. The monoisotopic (exact) mass is 715 g/mol. The van der Waals surface area contributed by atoms with Crippen LogP contribution in [0.3, 0.4) is 0 Å². The lowest BCUT2D eigenvalue weighted by molar-refractivity contribution is -0.141. The molecule has 1 aromatic rings. The number of Topliss-reactive ketones (excluding diaryl/α,β-unsaturated/α-hetero) is 1. The van der Waals surface area contributed by atoms with Crippen molar-refractivity contribution < 1.29 is 38.7 Å². The predicted octanol–water partition coefficient (Wildman–Crippen LogP) is -0.590. The number of fused-ring (bicyclic) bond motifs is 2. The van der Waals surface area contributed by atoms with Gasteiger partial charge in [0, 0.05) is 38.5 Å². The molecule has 0 saturated heterocycles. The van der Waals surface area contributed by atoms with Gasteiger partial charge >= 0.3 is 5.97 Å². The van der Waals surface area contributed by atoms with E-state index >= 15 is 0 Å². The molecule has 1 aliphatic heterocycles. The fourth-order valence-electron chi connectivity index (χ4n) is 5.56. The first-order chi connectivity index (χ1) is 24.3. The Kier molecular flexibility index (Phi) is 18.7. The van der Waals surface area contributed by atoms with Gasteiger partial charge in [0.05, 0.1) is 13.0 Å². The molecule has 0 aliphatic carbocycles. The second-order valence-electron chi connectivity index (χ2n) is 12.5. The molecule has 282 valence electrons. The minimum atomic E-state index is -1.45. The molecule has 0 aromatic heterocycles. The van der Waals surface area contributed by atoms with Gasteiger partial charge in [0.1, 0.15) is 23.9 Å². The topological polar surface area (TPSA) is 282 Å². The third-order valence-corrected chi connectivity index (χ3v) is 8.37. The smallest absolute Gasteiger partial charge is 0.305 e. The van der Waals surface area contributed by atoms with E-state index in [9.17, 15) is 38.7 Å². The van der Waals surface area contributed by atoms with E-state index in [1.165, 1.54) is 24.1 Å². The number of likely N-dealkylation sites (N-methyl/N-ethyl adjacent to an activating group) is 1. The van der Waals surface area contributed by atoms with Gasteiger partial charge in [-0.1, -0.05) is 31.4 Å². The van der Waals surface area contributed by atoms with Gasteiger partial charge < -0.3 is 48.5 Å². The van der Waals surface area contributed by atoms with E-state index in [-0.39, 0.29) is 49.7 Å². The molecule has 5 amide bonds. The minimum Gasteiger partial charge on any atom is -0.481 e. The van der Waals surface area contributed by atoms with Crippen molar-refractivity contribution in [2.45, 2.75) is 102 Å². The highest BCUT2D eigenvalue weighted by atomic mass is 16.4. The largest absolute Gasteiger partial charge is 0.481 e. The second kappa shape index (κ2) is 22.6. The van der Waals surface area contributed by atoms with E-state index in [0.29, 0.717) is 44.2 Å². The highest BCUT2D eigenvalue weighted by Gasteiger charge is 2.33. The lowest BCUT2D eigenvalue weighted by Gasteiger charge is -2.31. The van der Waals surface area contributed by atoms with Gasteiger partial charge in [-0.05, 0) is 62.8 Å². The number of benzene rings is 1. The van der Waals surface area contributed by atoms with Crippen LogP contribution in [0.25, 0.3) is 0 Å². The summed E-state index contributed by atoms with van der Waals surface area (Å²) in [5.74, 6) is -4.71. The van der Waals surface area contributed by atoms with Crippen molar-refractivity contribution in [3.8, 4) is 0 Å². The van der Waals surface area contributed by atoms with Crippen molar-refractivity contribution in [2.75, 3.05) is 26.7 Å². The zero-order valence-electron chi connectivity index (χ0n) is 29.3. The van der Waals surface area contributed by atoms with Crippen LogP contribution in [0.4, 0.5) is 0 Å². The molecule has 17 heteroatoms. The number of unbranched alkanes of at least 4 members (excludes halogenated alkanes) is 4. The number of aliphatic imine (C=N–C) groups is 1. The van der Waals surface area contributed by atoms with Crippen LogP contribution in [0.5, 0.6) is 0 Å². The van der Waals surface area contributed by atoms with E-state index in [0.717, 1.165) is 19.3 Å². The number of hydrogen-bond donors (Lipinski definition) is 8. The first kappa shape index (κ1) is 42.1. The summed E-state index contributed by atoms with van der Waals surface area (Å²) in [6.07, 6.45) is 5.16. The standard InChI is InChI=1S/C34H53N9O8/c1-43-27(15-9-17-38-34(36)37)32(50)40-21-28(45)41-26(19-29(46)47)31(49)39-20-22-10-8-11-23(18-22)30(48)42-25(33(43)51)14-6-2-4-12-24(44)13-5-3-7-16-35/h8,10-11,18,25-27H,2-7,9,12-17,19-21,35H2,1H3,(H,39,49)(H,40,50)(H,41,45)(H,42,48)(H,46,47)(H4,36,37,38)/t25?,26-,27-/m0/s1. The van der Waals surface area contributed by atoms with E-state index in [1.54, 1.807) is 12.1 Å². The number of nitrogens with two attached hydrogens (primary N) is 3. The highest BCUT2D eigenvalue weighted by molar-refractivity contribution is 5.99. The first-order valence-corrected chi connectivity index (χ1v) is 17.3. The van der Waals surface area contributed by atoms with Crippen LogP contribution < -0.4 is 38.5 Å². The summed E-state index contributed by atoms with van der Waals surface area (Å²) >= 11 is 0. The van der Waals surface area contributed by atoms with Gasteiger partial charge in [-0.3, -0.25) is 38.6 Å². The van der Waals surface area contributed by atoms with Gasteiger partial charge in [-0.2, -0.15) is 0 Å². The van der Waals surface area contributed by atoms with Crippen molar-refractivity contribution in [1.29, 1.82) is 0 Å². The molecule has 0 saturated carbocycles. The van der Waals surface area contributed by atoms with Crippen LogP contribution >= 0.6 is 0 Å². The van der Waals surface area contributed by atoms with E-state index in [2.05, 4.69) is 26.3 Å². The second-order valence-corrected chi connectivity index (χ2v) is 12.5. The average Bonchev–Trinajstić information content (AvgIpc) is 3.09. The number of guanidine groups is 1. The molecule has 3 atom stereocenters. The SMILES string of the molecule is CN1C(=O)C(CCCCCC(=O)CCCCCN)NC(=O)c2cccc(c2)CNC(=O)[C@H](CC(=O)O)NC(=O)CNC(=O)[C@@H]1CCCN=C(N)N. The van der Waals surface area contributed by atoms with Gasteiger partial charge in [0.2, 0.25) is 23.6 Å². The molecule has 1 aliphatic rings. The zero-order valence-corrected chi connectivity index (χ0v) is 29.3. The number of nitrogens with zero attached hydrogens (tertiary/aromatic N) is 2. The molecular weight excluding hydrogens is 662 g/mol. The number of carboxylic acid groups (broad SMARTS) is 1. The summed E-state index contributed by atoms with van der Waals surface area (Å²) in [6, 6.07) is 2.71. The molecule has 0 fully saturated rings.